The Labute approximate surface area is 132 Å². The molecule has 1 aromatic rings. The minimum absolute atomic E-state index is 0.272. The molecule has 22 heavy (non-hydrogen) atoms. The molecule has 0 saturated heterocycles. The van der Waals surface area contributed by atoms with Crippen LogP contribution in [0.4, 0.5) is 0 Å². The van der Waals surface area contributed by atoms with E-state index < -0.39 is 0 Å². The highest BCUT2D eigenvalue weighted by Crippen LogP contribution is 2.41. The van der Waals surface area contributed by atoms with Gasteiger partial charge in [-0.2, -0.15) is 0 Å². The fourth-order valence-corrected chi connectivity index (χ4v) is 3.90. The van der Waals surface area contributed by atoms with Crippen molar-refractivity contribution in [2.45, 2.75) is 38.5 Å². The molecule has 0 spiro atoms. The van der Waals surface area contributed by atoms with Gasteiger partial charge in [0.15, 0.2) is 17.3 Å². The maximum absolute atomic E-state index is 12.7. The van der Waals surface area contributed by atoms with E-state index in [4.69, 9.17) is 9.47 Å². The molecule has 0 aliphatic heterocycles. The topological polar surface area (TPSA) is 35.5 Å². The summed E-state index contributed by atoms with van der Waals surface area (Å²) in [6.45, 7) is 0. The number of allylic oxidation sites excluding steroid dienone is 1. The lowest BCUT2D eigenvalue weighted by Crippen LogP contribution is -2.16. The Hall–Kier alpha value is -1.77. The maximum Gasteiger partial charge on any atom is 0.162 e. The molecule has 0 aromatic heterocycles. The van der Waals surface area contributed by atoms with Gasteiger partial charge in [0.1, 0.15) is 0 Å². The monoisotopic (exact) mass is 300 g/mol. The first kappa shape index (κ1) is 15.1. The summed E-state index contributed by atoms with van der Waals surface area (Å²) in [5, 5.41) is 0. The van der Waals surface area contributed by atoms with E-state index in [2.05, 4.69) is 0 Å². The summed E-state index contributed by atoms with van der Waals surface area (Å²) in [4.78, 5) is 12.7. The molecular weight excluding hydrogens is 276 g/mol. The van der Waals surface area contributed by atoms with E-state index in [1.165, 1.54) is 25.7 Å². The molecule has 0 amide bonds. The van der Waals surface area contributed by atoms with Gasteiger partial charge in [-0.15, -0.1) is 0 Å². The van der Waals surface area contributed by atoms with Gasteiger partial charge < -0.3 is 9.47 Å². The number of Topliss-reactive ketones (excluding diaryl/α,β-unsaturated/α-hetero) is 1. The first-order valence-corrected chi connectivity index (χ1v) is 8.19. The van der Waals surface area contributed by atoms with Gasteiger partial charge in [0, 0.05) is 5.92 Å². The SMILES string of the molecule is COc1ccc(C=C2CCC(C3CCCC3)C2=O)cc1OC. The Morgan fingerprint density at radius 3 is 2.45 bits per heavy atom. The highest BCUT2D eigenvalue weighted by Gasteiger charge is 2.36. The van der Waals surface area contributed by atoms with E-state index in [1.54, 1.807) is 14.2 Å². The number of carbonyl (C=O) groups is 1. The molecule has 0 heterocycles. The number of ether oxygens (including phenoxy) is 2. The second kappa shape index (κ2) is 6.55. The third kappa shape index (κ3) is 2.90. The van der Waals surface area contributed by atoms with Gasteiger partial charge in [0.2, 0.25) is 0 Å². The van der Waals surface area contributed by atoms with Crippen LogP contribution in [0.1, 0.15) is 44.1 Å². The zero-order valence-corrected chi connectivity index (χ0v) is 13.4. The molecule has 2 saturated carbocycles. The first-order chi connectivity index (χ1) is 10.7. The van der Waals surface area contributed by atoms with Crippen molar-refractivity contribution < 1.29 is 14.3 Å². The molecule has 0 radical (unpaired) electrons. The average Bonchev–Trinajstić information content (AvgIpc) is 3.18. The van der Waals surface area contributed by atoms with E-state index in [0.29, 0.717) is 23.2 Å². The minimum atomic E-state index is 0.272. The van der Waals surface area contributed by atoms with Crippen LogP contribution in [-0.4, -0.2) is 20.0 Å². The molecule has 3 rings (SSSR count). The predicted molar refractivity (Wildman–Crippen MR) is 87.2 cm³/mol. The average molecular weight is 300 g/mol. The number of hydrogen-bond donors (Lipinski definition) is 0. The van der Waals surface area contributed by atoms with E-state index in [0.717, 1.165) is 24.0 Å². The van der Waals surface area contributed by atoms with Crippen molar-refractivity contribution in [2.75, 3.05) is 14.2 Å². The van der Waals surface area contributed by atoms with Crippen molar-refractivity contribution in [3.63, 3.8) is 0 Å². The molecule has 2 fully saturated rings. The highest BCUT2D eigenvalue weighted by molar-refractivity contribution is 6.03. The van der Waals surface area contributed by atoms with Gasteiger partial charge in [-0.25, -0.2) is 0 Å². The van der Waals surface area contributed by atoms with Gasteiger partial charge in [-0.1, -0.05) is 18.9 Å². The molecular formula is C19H24O3. The van der Waals surface area contributed by atoms with E-state index >= 15 is 0 Å². The Morgan fingerprint density at radius 2 is 1.77 bits per heavy atom. The lowest BCUT2D eigenvalue weighted by molar-refractivity contribution is -0.119. The summed E-state index contributed by atoms with van der Waals surface area (Å²) < 4.78 is 10.6. The van der Waals surface area contributed by atoms with Crippen LogP contribution in [0.15, 0.2) is 23.8 Å². The van der Waals surface area contributed by atoms with Crippen LogP contribution >= 0.6 is 0 Å². The maximum atomic E-state index is 12.7. The summed E-state index contributed by atoms with van der Waals surface area (Å²) in [5.74, 6) is 2.69. The summed E-state index contributed by atoms with van der Waals surface area (Å²) >= 11 is 0. The van der Waals surface area contributed by atoms with Gasteiger partial charge >= 0.3 is 0 Å². The smallest absolute Gasteiger partial charge is 0.162 e. The van der Waals surface area contributed by atoms with Crippen LogP contribution < -0.4 is 9.47 Å². The number of benzene rings is 1. The van der Waals surface area contributed by atoms with Crippen LogP contribution in [0.2, 0.25) is 0 Å². The molecule has 0 bridgehead atoms. The zero-order valence-electron chi connectivity index (χ0n) is 13.4. The van der Waals surface area contributed by atoms with Crippen molar-refractivity contribution in [3.05, 3.63) is 29.3 Å². The summed E-state index contributed by atoms with van der Waals surface area (Å²) in [5.41, 5.74) is 1.98. The molecule has 3 heteroatoms. The fourth-order valence-electron chi connectivity index (χ4n) is 3.90. The Bertz CT molecular complexity index is 582. The predicted octanol–water partition coefficient (Wildman–Crippen LogP) is 4.26. The summed E-state index contributed by atoms with van der Waals surface area (Å²) in [6, 6.07) is 5.80. The molecule has 3 nitrogen and oxygen atoms in total. The second-order valence-electron chi connectivity index (χ2n) is 6.34. The van der Waals surface area contributed by atoms with Crippen LogP contribution in [0.3, 0.4) is 0 Å². The Morgan fingerprint density at radius 1 is 1.05 bits per heavy atom. The summed E-state index contributed by atoms with van der Waals surface area (Å²) in [7, 11) is 3.26. The number of rotatable bonds is 4. The van der Waals surface area contributed by atoms with Crippen molar-refractivity contribution in [3.8, 4) is 11.5 Å². The van der Waals surface area contributed by atoms with Crippen LogP contribution in [0.5, 0.6) is 11.5 Å². The molecule has 1 atom stereocenters. The van der Waals surface area contributed by atoms with Crippen LogP contribution in [0.25, 0.3) is 6.08 Å². The van der Waals surface area contributed by atoms with Crippen molar-refractivity contribution in [1.29, 1.82) is 0 Å². The van der Waals surface area contributed by atoms with Crippen LogP contribution in [-0.2, 0) is 4.79 Å². The van der Waals surface area contributed by atoms with Crippen molar-refractivity contribution in [2.24, 2.45) is 11.8 Å². The third-order valence-electron chi connectivity index (χ3n) is 5.10. The van der Waals surface area contributed by atoms with Gasteiger partial charge in [0.05, 0.1) is 14.2 Å². The van der Waals surface area contributed by atoms with E-state index in [-0.39, 0.29) is 5.92 Å². The highest BCUT2D eigenvalue weighted by atomic mass is 16.5. The first-order valence-electron chi connectivity index (χ1n) is 8.19. The largest absolute Gasteiger partial charge is 0.493 e. The van der Waals surface area contributed by atoms with E-state index in [9.17, 15) is 4.79 Å². The van der Waals surface area contributed by atoms with E-state index in [1.807, 2.05) is 24.3 Å². The number of carbonyl (C=O) groups excluding carboxylic acids is 1. The van der Waals surface area contributed by atoms with Gasteiger partial charge in [-0.3, -0.25) is 4.79 Å². The zero-order chi connectivity index (χ0) is 15.5. The lowest BCUT2D eigenvalue weighted by Gasteiger charge is -2.15. The van der Waals surface area contributed by atoms with Crippen molar-refractivity contribution >= 4 is 11.9 Å². The number of hydrogen-bond acceptors (Lipinski definition) is 3. The summed E-state index contributed by atoms with van der Waals surface area (Å²) in [6.07, 6.45) is 9.03. The molecule has 2 aliphatic rings. The van der Waals surface area contributed by atoms with Gasteiger partial charge in [0.25, 0.3) is 0 Å². The quantitative estimate of drug-likeness (QED) is 0.780. The van der Waals surface area contributed by atoms with Crippen LogP contribution in [0, 0.1) is 11.8 Å². The normalized spacial score (nSPS) is 24.2. The Balaban J connectivity index is 1.79. The lowest BCUT2D eigenvalue weighted by atomic mass is 9.88. The van der Waals surface area contributed by atoms with Gasteiger partial charge in [-0.05, 0) is 60.9 Å². The van der Waals surface area contributed by atoms with Crippen molar-refractivity contribution in [1.82, 2.24) is 0 Å². The number of methoxy groups -OCH3 is 2. The molecule has 2 aliphatic carbocycles. The molecule has 1 aromatic carbocycles. The minimum Gasteiger partial charge on any atom is -0.493 e. The second-order valence-corrected chi connectivity index (χ2v) is 6.34. The fraction of sp³-hybridized carbons (Fsp3) is 0.526. The molecule has 1 unspecified atom stereocenters. The number of ketones is 1. The Kier molecular flexibility index (Phi) is 4.51. The standard InChI is InChI=1S/C19H24O3/c1-21-17-10-7-13(12-18(17)22-2)11-15-8-9-16(19(15)20)14-5-3-4-6-14/h7,10-12,14,16H,3-6,8-9H2,1-2H3. The third-order valence-corrected chi connectivity index (χ3v) is 5.10. The molecule has 0 N–H and O–H groups in total. The molecule has 118 valence electrons.